The molecule has 0 aromatic heterocycles. The number of fused-ring (bicyclic) bond motifs is 3. The largest absolute Gasteiger partial charge is 0.480 e. The number of nitrogens with zero attached hydrogens (tertiary/aromatic N) is 2. The Morgan fingerprint density at radius 2 is 1.69 bits per heavy atom. The minimum Gasteiger partial charge on any atom is -0.480 e. The molecule has 8 nitrogen and oxygen atoms in total. The molecule has 0 bridgehead atoms. The van der Waals surface area contributed by atoms with Crippen molar-refractivity contribution in [3.05, 3.63) is 59.7 Å². The third-order valence-electron chi connectivity index (χ3n) is 7.02. The van der Waals surface area contributed by atoms with Gasteiger partial charge in [-0.3, -0.25) is 14.5 Å². The van der Waals surface area contributed by atoms with Gasteiger partial charge in [-0.25, -0.2) is 4.79 Å². The first kappa shape index (κ1) is 24.7. The van der Waals surface area contributed by atoms with Crippen molar-refractivity contribution in [2.24, 2.45) is 0 Å². The van der Waals surface area contributed by atoms with E-state index in [4.69, 9.17) is 4.74 Å². The minimum absolute atomic E-state index is 0.0631. The van der Waals surface area contributed by atoms with Crippen molar-refractivity contribution >= 4 is 18.0 Å². The van der Waals surface area contributed by atoms with E-state index in [9.17, 15) is 19.5 Å². The quantitative estimate of drug-likeness (QED) is 0.603. The predicted octanol–water partition coefficient (Wildman–Crippen LogP) is 3.31. The molecule has 8 heteroatoms. The molecule has 2 atom stereocenters. The number of unbranched alkanes of at least 4 members (excludes halogenated alkanes) is 1. The molecule has 1 fully saturated rings. The van der Waals surface area contributed by atoms with Crippen molar-refractivity contribution in [1.82, 2.24) is 15.1 Å². The molecule has 1 saturated heterocycles. The highest BCUT2D eigenvalue weighted by molar-refractivity contribution is 5.87. The van der Waals surface area contributed by atoms with Crippen LogP contribution in [0.5, 0.6) is 0 Å². The van der Waals surface area contributed by atoms with Crippen molar-refractivity contribution in [3.8, 4) is 11.1 Å². The smallest absolute Gasteiger partial charge is 0.407 e. The highest BCUT2D eigenvalue weighted by Gasteiger charge is 2.35. The molecule has 1 aliphatic heterocycles. The van der Waals surface area contributed by atoms with Crippen molar-refractivity contribution < 1.29 is 24.2 Å². The number of likely N-dealkylation sites (N-methyl/N-ethyl adjacent to an activating group) is 1. The number of aliphatic carboxylic acids is 1. The molecule has 4 rings (SSSR count). The standard InChI is InChI=1S/C27H33N3O5/c1-3-4-13-23(25(31)30-15-14-29(2)24(16-30)26(32)33)28-27(34)35-17-22-20-11-7-5-9-18(20)19-10-6-8-12-21(19)22/h5-12,22-24H,3-4,13-17H2,1-2H3,(H,28,34)(H,32,33). The number of carbonyl (C=O) groups is 3. The summed E-state index contributed by atoms with van der Waals surface area (Å²) in [6.07, 6.45) is 1.47. The van der Waals surface area contributed by atoms with Crippen LogP contribution < -0.4 is 5.32 Å². The maximum absolute atomic E-state index is 13.2. The van der Waals surface area contributed by atoms with Gasteiger partial charge in [-0.15, -0.1) is 0 Å². The first-order valence-corrected chi connectivity index (χ1v) is 12.2. The Balaban J connectivity index is 1.41. The van der Waals surface area contributed by atoms with Crippen LogP contribution in [0.25, 0.3) is 11.1 Å². The number of nitrogens with one attached hydrogen (secondary N) is 1. The molecule has 2 aromatic rings. The van der Waals surface area contributed by atoms with Crippen molar-refractivity contribution in [1.29, 1.82) is 0 Å². The number of ether oxygens (including phenoxy) is 1. The second-order valence-corrected chi connectivity index (χ2v) is 9.28. The maximum Gasteiger partial charge on any atom is 0.407 e. The lowest BCUT2D eigenvalue weighted by Gasteiger charge is -2.38. The van der Waals surface area contributed by atoms with E-state index >= 15 is 0 Å². The third-order valence-corrected chi connectivity index (χ3v) is 7.02. The fraction of sp³-hybridized carbons (Fsp3) is 0.444. The van der Waals surface area contributed by atoms with Crippen molar-refractivity contribution in [2.75, 3.05) is 33.3 Å². The van der Waals surface area contributed by atoms with Gasteiger partial charge < -0.3 is 20.1 Å². The predicted molar refractivity (Wildman–Crippen MR) is 132 cm³/mol. The molecule has 2 aliphatic rings. The molecular weight excluding hydrogens is 446 g/mol. The number of piperazine rings is 1. The van der Waals surface area contributed by atoms with Gasteiger partial charge in [0, 0.05) is 25.6 Å². The minimum atomic E-state index is -0.959. The first-order valence-electron chi connectivity index (χ1n) is 12.2. The number of benzene rings is 2. The summed E-state index contributed by atoms with van der Waals surface area (Å²) in [5.74, 6) is -1.28. The summed E-state index contributed by atoms with van der Waals surface area (Å²) < 4.78 is 5.64. The summed E-state index contributed by atoms with van der Waals surface area (Å²) in [6.45, 7) is 3.18. The summed E-state index contributed by atoms with van der Waals surface area (Å²) in [7, 11) is 1.74. The Bertz CT molecular complexity index is 1040. The monoisotopic (exact) mass is 479 g/mol. The van der Waals surface area contributed by atoms with Crippen LogP contribution in [0.1, 0.15) is 43.2 Å². The van der Waals surface area contributed by atoms with E-state index in [1.165, 1.54) is 0 Å². The van der Waals surface area contributed by atoms with Gasteiger partial charge in [0.15, 0.2) is 0 Å². The topological polar surface area (TPSA) is 99.2 Å². The van der Waals surface area contributed by atoms with Crippen LogP contribution >= 0.6 is 0 Å². The SMILES string of the molecule is CCCCC(NC(=O)OCC1c2ccccc2-c2ccccc21)C(=O)N1CCN(C)C(C(=O)O)C1. The average Bonchev–Trinajstić information content (AvgIpc) is 3.18. The van der Waals surface area contributed by atoms with Gasteiger partial charge in [-0.05, 0) is 35.7 Å². The molecule has 0 spiro atoms. The summed E-state index contributed by atoms with van der Waals surface area (Å²) in [4.78, 5) is 40.9. The lowest BCUT2D eigenvalue weighted by atomic mass is 9.98. The molecule has 2 aromatic carbocycles. The molecule has 2 unspecified atom stereocenters. The van der Waals surface area contributed by atoms with Gasteiger partial charge in [0.2, 0.25) is 5.91 Å². The summed E-state index contributed by atoms with van der Waals surface area (Å²) in [6, 6.07) is 14.7. The van der Waals surface area contributed by atoms with E-state index in [2.05, 4.69) is 29.6 Å². The molecule has 0 saturated carbocycles. The van der Waals surface area contributed by atoms with Crippen LogP contribution in [0, 0.1) is 0 Å². The molecule has 0 radical (unpaired) electrons. The van der Waals surface area contributed by atoms with Crippen LogP contribution in [0.3, 0.4) is 0 Å². The van der Waals surface area contributed by atoms with Gasteiger partial charge in [0.25, 0.3) is 0 Å². The van der Waals surface area contributed by atoms with Crippen LogP contribution in [-0.2, 0) is 14.3 Å². The Labute approximate surface area is 205 Å². The van der Waals surface area contributed by atoms with E-state index in [0.29, 0.717) is 19.5 Å². The number of carboxylic acids is 1. The number of hydrogen-bond donors (Lipinski definition) is 2. The third kappa shape index (κ3) is 5.32. The normalized spacial score (nSPS) is 18.5. The summed E-state index contributed by atoms with van der Waals surface area (Å²) in [5, 5.41) is 12.2. The molecule has 1 aliphatic carbocycles. The Kier molecular flexibility index (Phi) is 7.70. The summed E-state index contributed by atoms with van der Waals surface area (Å²) >= 11 is 0. The van der Waals surface area contributed by atoms with E-state index < -0.39 is 24.1 Å². The van der Waals surface area contributed by atoms with Crippen LogP contribution in [-0.4, -0.2) is 78.2 Å². The van der Waals surface area contributed by atoms with Crippen LogP contribution in [0.2, 0.25) is 0 Å². The van der Waals surface area contributed by atoms with E-state index in [0.717, 1.165) is 35.1 Å². The number of carbonyl (C=O) groups excluding carboxylic acids is 2. The number of carboxylic acid groups (broad SMARTS) is 1. The maximum atomic E-state index is 13.2. The fourth-order valence-corrected chi connectivity index (χ4v) is 5.01. The lowest BCUT2D eigenvalue weighted by Crippen LogP contribution is -2.59. The Morgan fingerprint density at radius 1 is 1.06 bits per heavy atom. The van der Waals surface area contributed by atoms with E-state index in [1.54, 1.807) is 16.8 Å². The van der Waals surface area contributed by atoms with Gasteiger partial charge in [0.05, 0.1) is 0 Å². The van der Waals surface area contributed by atoms with Gasteiger partial charge in [-0.2, -0.15) is 0 Å². The van der Waals surface area contributed by atoms with Crippen LogP contribution in [0.15, 0.2) is 48.5 Å². The number of rotatable bonds is 8. The Morgan fingerprint density at radius 3 is 2.29 bits per heavy atom. The van der Waals surface area contributed by atoms with Crippen LogP contribution in [0.4, 0.5) is 4.79 Å². The highest BCUT2D eigenvalue weighted by Crippen LogP contribution is 2.44. The zero-order valence-electron chi connectivity index (χ0n) is 20.3. The van der Waals surface area contributed by atoms with Crippen molar-refractivity contribution in [3.63, 3.8) is 0 Å². The first-order chi connectivity index (χ1) is 16.9. The highest BCUT2D eigenvalue weighted by atomic mass is 16.5. The second kappa shape index (κ2) is 10.9. The number of amides is 2. The Hall–Kier alpha value is -3.39. The fourth-order valence-electron chi connectivity index (χ4n) is 5.01. The summed E-state index contributed by atoms with van der Waals surface area (Å²) in [5.41, 5.74) is 4.54. The van der Waals surface area contributed by atoms with E-state index in [1.807, 2.05) is 31.2 Å². The molecule has 1 heterocycles. The number of hydrogen-bond acceptors (Lipinski definition) is 5. The molecule has 186 valence electrons. The molecule has 35 heavy (non-hydrogen) atoms. The lowest BCUT2D eigenvalue weighted by molar-refractivity contribution is -0.148. The molecular formula is C27H33N3O5. The number of alkyl carbamates (subject to hydrolysis) is 1. The average molecular weight is 480 g/mol. The van der Waals surface area contributed by atoms with E-state index in [-0.39, 0.29) is 25.0 Å². The zero-order chi connectivity index (χ0) is 24.9. The molecule has 2 N–H and O–H groups in total. The zero-order valence-corrected chi connectivity index (χ0v) is 20.3. The second-order valence-electron chi connectivity index (χ2n) is 9.28. The van der Waals surface area contributed by atoms with Crippen molar-refractivity contribution in [2.45, 2.75) is 44.2 Å². The molecule has 2 amide bonds. The van der Waals surface area contributed by atoms with Gasteiger partial charge >= 0.3 is 12.1 Å². The van der Waals surface area contributed by atoms with Gasteiger partial charge in [-0.1, -0.05) is 68.3 Å². The van der Waals surface area contributed by atoms with Gasteiger partial charge in [0.1, 0.15) is 18.7 Å².